The van der Waals surface area contributed by atoms with Gasteiger partial charge in [0.15, 0.2) is 0 Å². The number of hydrogen-bond acceptors (Lipinski definition) is 1. The minimum absolute atomic E-state index is 0.178. The van der Waals surface area contributed by atoms with Gasteiger partial charge in [-0.15, -0.1) is 13.2 Å². The number of halogens is 4. The molecule has 0 atom stereocenters. The molecule has 0 aromatic heterocycles. The van der Waals surface area contributed by atoms with E-state index in [0.717, 1.165) is 17.7 Å². The highest BCUT2D eigenvalue weighted by Gasteiger charge is 2.32. The first-order valence-corrected chi connectivity index (χ1v) is 5.03. The van der Waals surface area contributed by atoms with E-state index in [-0.39, 0.29) is 5.76 Å². The van der Waals surface area contributed by atoms with Crippen molar-refractivity contribution in [3.8, 4) is 0 Å². The molecule has 0 aromatic rings. The molecule has 0 aliphatic heterocycles. The third-order valence-electron chi connectivity index (χ3n) is 1.57. The Morgan fingerprint density at radius 2 is 1.71 bits per heavy atom. The number of rotatable bonds is 3. The maximum atomic E-state index is 12.4. The molecular weight excluding hydrogens is 253 g/mol. The van der Waals surface area contributed by atoms with E-state index in [1.54, 1.807) is 13.8 Å². The van der Waals surface area contributed by atoms with Crippen LogP contribution in [0.15, 0.2) is 47.8 Å². The topological polar surface area (TPSA) is 9.23 Å². The Bertz CT molecular complexity index is 310. The van der Waals surface area contributed by atoms with Crippen LogP contribution in [0.2, 0.25) is 0 Å². The lowest BCUT2D eigenvalue weighted by atomic mass is 10.2. The zero-order chi connectivity index (χ0) is 14.1. The minimum atomic E-state index is -4.44. The quantitative estimate of drug-likeness (QED) is 0.399. The summed E-state index contributed by atoms with van der Waals surface area (Å²) in [6, 6.07) is 0. The first-order chi connectivity index (χ1) is 7.82. The standard InChI is InChI=1S/C10H12ClF3O.C2H4/c1-7(2)9(15-3)6-8(4-5-11)10(12,13)14;1-2/h4-6H,1-3H3;1-2H2/b5-4?,8-6+;. The Kier molecular flexibility index (Phi) is 9.57. The van der Waals surface area contributed by atoms with Crippen molar-refractivity contribution in [2.75, 3.05) is 7.11 Å². The second-order valence-corrected chi connectivity index (χ2v) is 3.21. The van der Waals surface area contributed by atoms with Crippen LogP contribution in [0.5, 0.6) is 0 Å². The van der Waals surface area contributed by atoms with Gasteiger partial charge in [0, 0.05) is 5.54 Å². The van der Waals surface area contributed by atoms with E-state index in [1.165, 1.54) is 7.11 Å². The van der Waals surface area contributed by atoms with Crippen LogP contribution < -0.4 is 0 Å². The zero-order valence-corrected chi connectivity index (χ0v) is 10.8. The third kappa shape index (κ3) is 7.69. The third-order valence-corrected chi connectivity index (χ3v) is 1.70. The zero-order valence-electron chi connectivity index (χ0n) is 10.1. The van der Waals surface area contributed by atoms with E-state index in [9.17, 15) is 13.2 Å². The van der Waals surface area contributed by atoms with Crippen molar-refractivity contribution in [3.05, 3.63) is 47.8 Å². The summed E-state index contributed by atoms with van der Waals surface area (Å²) < 4.78 is 42.0. The average molecular weight is 269 g/mol. The van der Waals surface area contributed by atoms with Crippen LogP contribution in [0, 0.1) is 0 Å². The predicted molar refractivity (Wildman–Crippen MR) is 65.8 cm³/mol. The van der Waals surface area contributed by atoms with Crippen LogP contribution in [0.25, 0.3) is 0 Å². The average Bonchev–Trinajstić information content (AvgIpc) is 2.25. The molecule has 0 bridgehead atoms. The molecule has 0 aliphatic rings. The second-order valence-electron chi connectivity index (χ2n) is 2.96. The summed E-state index contributed by atoms with van der Waals surface area (Å²) in [6.07, 6.45) is -2.75. The number of alkyl halides is 3. The highest BCUT2D eigenvalue weighted by atomic mass is 35.5. The molecule has 0 aliphatic carbocycles. The van der Waals surface area contributed by atoms with E-state index in [4.69, 9.17) is 16.3 Å². The molecule has 0 rings (SSSR count). The lowest BCUT2D eigenvalue weighted by Gasteiger charge is -2.09. The molecule has 0 saturated carbocycles. The maximum Gasteiger partial charge on any atom is 0.416 e. The SMILES string of the molecule is C=C.COC(/C=C(\C=CCl)C(F)(F)F)=C(C)C. The first-order valence-electron chi connectivity index (χ1n) is 4.60. The Labute approximate surface area is 105 Å². The van der Waals surface area contributed by atoms with Gasteiger partial charge >= 0.3 is 6.18 Å². The Balaban J connectivity index is 0. The molecule has 0 aromatic carbocycles. The number of ether oxygens (including phenoxy) is 1. The van der Waals surface area contributed by atoms with Crippen LogP contribution in [0.3, 0.4) is 0 Å². The summed E-state index contributed by atoms with van der Waals surface area (Å²) in [5, 5.41) is 0. The van der Waals surface area contributed by atoms with Gasteiger partial charge in [-0.05, 0) is 31.6 Å². The summed E-state index contributed by atoms with van der Waals surface area (Å²) in [6.45, 7) is 9.32. The molecule has 0 unspecified atom stereocenters. The van der Waals surface area contributed by atoms with Crippen molar-refractivity contribution in [2.45, 2.75) is 20.0 Å². The largest absolute Gasteiger partial charge is 0.497 e. The fourth-order valence-electron chi connectivity index (χ4n) is 0.841. The molecule has 0 amide bonds. The van der Waals surface area contributed by atoms with Gasteiger partial charge in [-0.3, -0.25) is 0 Å². The fourth-order valence-corrected chi connectivity index (χ4v) is 0.977. The lowest BCUT2D eigenvalue weighted by Crippen LogP contribution is -2.10. The van der Waals surface area contributed by atoms with E-state index in [0.29, 0.717) is 5.57 Å². The summed E-state index contributed by atoms with van der Waals surface area (Å²) >= 11 is 5.13. The highest BCUT2D eigenvalue weighted by molar-refractivity contribution is 6.25. The van der Waals surface area contributed by atoms with Crippen LogP contribution in [-0.2, 0) is 4.74 Å². The van der Waals surface area contributed by atoms with Gasteiger partial charge in [-0.2, -0.15) is 13.2 Å². The molecular formula is C12H16ClF3O. The number of allylic oxidation sites excluding steroid dienone is 4. The molecule has 98 valence electrons. The smallest absolute Gasteiger partial charge is 0.416 e. The molecule has 0 N–H and O–H groups in total. The molecule has 1 nitrogen and oxygen atoms in total. The van der Waals surface area contributed by atoms with Gasteiger partial charge in [0.2, 0.25) is 0 Å². The van der Waals surface area contributed by atoms with Crippen molar-refractivity contribution < 1.29 is 17.9 Å². The monoisotopic (exact) mass is 268 g/mol. The van der Waals surface area contributed by atoms with Gasteiger partial charge in [0.25, 0.3) is 0 Å². The Morgan fingerprint density at radius 3 is 1.94 bits per heavy atom. The van der Waals surface area contributed by atoms with Gasteiger partial charge < -0.3 is 4.74 Å². The molecule has 0 spiro atoms. The predicted octanol–water partition coefficient (Wildman–Crippen LogP) is 4.97. The van der Waals surface area contributed by atoms with Crippen LogP contribution in [0.1, 0.15) is 13.8 Å². The fraction of sp³-hybridized carbons (Fsp3) is 0.333. The highest BCUT2D eigenvalue weighted by Crippen LogP contribution is 2.28. The van der Waals surface area contributed by atoms with Crippen molar-refractivity contribution in [1.29, 1.82) is 0 Å². The van der Waals surface area contributed by atoms with Crippen LogP contribution >= 0.6 is 11.6 Å². The summed E-state index contributed by atoms with van der Waals surface area (Å²) in [5.74, 6) is 0.178. The maximum absolute atomic E-state index is 12.4. The summed E-state index contributed by atoms with van der Waals surface area (Å²) in [7, 11) is 1.32. The number of hydrogen-bond donors (Lipinski definition) is 0. The van der Waals surface area contributed by atoms with Crippen molar-refractivity contribution in [1.82, 2.24) is 0 Å². The van der Waals surface area contributed by atoms with Gasteiger partial charge in [-0.25, -0.2) is 0 Å². The summed E-state index contributed by atoms with van der Waals surface area (Å²) in [5.41, 5.74) is 0.621. The van der Waals surface area contributed by atoms with Crippen molar-refractivity contribution in [3.63, 3.8) is 0 Å². The lowest BCUT2D eigenvalue weighted by molar-refractivity contribution is -0.0884. The molecule has 0 fully saturated rings. The van der Waals surface area contributed by atoms with Crippen LogP contribution in [-0.4, -0.2) is 13.3 Å². The van der Waals surface area contributed by atoms with Gasteiger partial charge in [0.1, 0.15) is 5.76 Å². The van der Waals surface area contributed by atoms with E-state index in [2.05, 4.69) is 13.2 Å². The summed E-state index contributed by atoms with van der Waals surface area (Å²) in [4.78, 5) is 0. The Hall–Kier alpha value is -1.16. The molecule has 0 heterocycles. The second kappa shape index (κ2) is 8.93. The van der Waals surface area contributed by atoms with Gasteiger partial charge in [0.05, 0.1) is 12.7 Å². The molecule has 0 saturated heterocycles. The van der Waals surface area contributed by atoms with E-state index >= 15 is 0 Å². The first kappa shape index (κ1) is 18.2. The minimum Gasteiger partial charge on any atom is -0.497 e. The normalized spacial score (nSPS) is 11.8. The van der Waals surface area contributed by atoms with Crippen molar-refractivity contribution in [2.24, 2.45) is 0 Å². The van der Waals surface area contributed by atoms with Gasteiger partial charge in [-0.1, -0.05) is 11.6 Å². The molecule has 0 radical (unpaired) electrons. The molecule has 17 heavy (non-hydrogen) atoms. The van der Waals surface area contributed by atoms with E-state index < -0.39 is 11.7 Å². The van der Waals surface area contributed by atoms with E-state index in [1.807, 2.05) is 0 Å². The number of methoxy groups -OCH3 is 1. The Morgan fingerprint density at radius 1 is 1.24 bits per heavy atom. The van der Waals surface area contributed by atoms with Crippen LogP contribution in [0.4, 0.5) is 13.2 Å². The van der Waals surface area contributed by atoms with Crippen molar-refractivity contribution >= 4 is 11.6 Å². The molecule has 5 heteroatoms.